The summed E-state index contributed by atoms with van der Waals surface area (Å²) in [4.78, 5) is 18.6. The molecule has 1 unspecified atom stereocenters. The Kier molecular flexibility index (Phi) is 8.92. The molecular weight excluding hydrogens is 459 g/mol. The van der Waals surface area contributed by atoms with Gasteiger partial charge in [-0.05, 0) is 49.6 Å². The fourth-order valence-electron chi connectivity index (χ4n) is 3.47. The van der Waals surface area contributed by atoms with Crippen molar-refractivity contribution in [3.05, 3.63) is 83.1 Å². The van der Waals surface area contributed by atoms with Gasteiger partial charge in [0.15, 0.2) is 5.69 Å². The van der Waals surface area contributed by atoms with Crippen LogP contribution in [0.4, 0.5) is 13.2 Å². The van der Waals surface area contributed by atoms with E-state index >= 15 is 0 Å². The summed E-state index contributed by atoms with van der Waals surface area (Å²) in [5, 5.41) is 2.83. The molecule has 188 valence electrons. The molecule has 1 amide bonds. The number of oxazole rings is 1. The minimum atomic E-state index is -4.42. The molecule has 0 aliphatic rings. The van der Waals surface area contributed by atoms with Crippen molar-refractivity contribution in [1.29, 1.82) is 0 Å². The van der Waals surface area contributed by atoms with Crippen LogP contribution < -0.4 is 10.1 Å². The van der Waals surface area contributed by atoms with E-state index in [4.69, 9.17) is 9.15 Å². The van der Waals surface area contributed by atoms with Gasteiger partial charge in [0.25, 0.3) is 5.91 Å². The van der Waals surface area contributed by atoms with Crippen molar-refractivity contribution in [2.45, 2.75) is 59.0 Å². The molecule has 0 radical (unpaired) electrons. The number of alkyl halides is 3. The molecule has 0 aliphatic carbocycles. The Labute approximate surface area is 203 Å². The number of aromatic nitrogens is 1. The summed E-state index contributed by atoms with van der Waals surface area (Å²) >= 11 is 0. The third kappa shape index (κ3) is 7.85. The lowest BCUT2D eigenvalue weighted by Crippen LogP contribution is -2.32. The summed E-state index contributed by atoms with van der Waals surface area (Å²) in [6, 6.07) is 12.8. The Balaban J connectivity index is 1.79. The highest BCUT2D eigenvalue weighted by Crippen LogP contribution is 2.30. The van der Waals surface area contributed by atoms with Crippen LogP contribution in [-0.4, -0.2) is 28.4 Å². The minimum Gasteiger partial charge on any atom is -0.494 e. The van der Waals surface area contributed by atoms with E-state index in [1.165, 1.54) is 12.3 Å². The molecule has 0 saturated carbocycles. The van der Waals surface area contributed by atoms with Crippen molar-refractivity contribution in [3.63, 3.8) is 0 Å². The summed E-state index contributed by atoms with van der Waals surface area (Å²) in [7, 11) is 0. The molecule has 35 heavy (non-hydrogen) atoms. The normalized spacial score (nSPS) is 12.5. The van der Waals surface area contributed by atoms with Crippen LogP contribution >= 0.6 is 0 Å². The van der Waals surface area contributed by atoms with Gasteiger partial charge in [-0.3, -0.25) is 9.69 Å². The fraction of sp³-hybridized carbons (Fsp3) is 0.385. The number of nitrogens with one attached hydrogen (secondary N) is 1. The molecule has 0 saturated heterocycles. The van der Waals surface area contributed by atoms with Gasteiger partial charge in [-0.25, -0.2) is 4.98 Å². The molecule has 0 aliphatic heterocycles. The second-order valence-corrected chi connectivity index (χ2v) is 8.33. The topological polar surface area (TPSA) is 67.6 Å². The zero-order chi connectivity index (χ0) is 25.4. The van der Waals surface area contributed by atoms with E-state index < -0.39 is 11.7 Å². The maximum Gasteiger partial charge on any atom is 0.416 e. The van der Waals surface area contributed by atoms with Gasteiger partial charge in [0, 0.05) is 19.1 Å². The second kappa shape index (κ2) is 11.9. The molecular formula is C26H30F3N3O3. The average Bonchev–Trinajstić information content (AvgIpc) is 3.28. The number of hydrogen-bond donors (Lipinski definition) is 1. The van der Waals surface area contributed by atoms with E-state index in [9.17, 15) is 18.0 Å². The molecule has 0 fully saturated rings. The van der Waals surface area contributed by atoms with Gasteiger partial charge >= 0.3 is 6.18 Å². The zero-order valence-electron chi connectivity index (χ0n) is 20.1. The Hall–Kier alpha value is -3.33. The molecule has 1 aromatic heterocycles. The van der Waals surface area contributed by atoms with Crippen LogP contribution in [0, 0.1) is 0 Å². The van der Waals surface area contributed by atoms with Gasteiger partial charge in [-0.1, -0.05) is 37.3 Å². The number of hydrogen-bond acceptors (Lipinski definition) is 5. The first-order valence-electron chi connectivity index (χ1n) is 11.5. The summed E-state index contributed by atoms with van der Waals surface area (Å²) in [6.45, 7) is 7.18. The highest BCUT2D eigenvalue weighted by molar-refractivity contribution is 5.92. The number of benzene rings is 2. The minimum absolute atomic E-state index is 0.000262. The predicted molar refractivity (Wildman–Crippen MR) is 126 cm³/mol. The molecule has 1 atom stereocenters. The lowest BCUT2D eigenvalue weighted by atomic mass is 10.1. The maximum atomic E-state index is 13.2. The van der Waals surface area contributed by atoms with Crippen molar-refractivity contribution in [1.82, 2.24) is 15.2 Å². The molecule has 6 nitrogen and oxygen atoms in total. The highest BCUT2D eigenvalue weighted by atomic mass is 19.4. The van der Waals surface area contributed by atoms with E-state index in [1.807, 2.05) is 49.9 Å². The van der Waals surface area contributed by atoms with Crippen LogP contribution in [0.1, 0.15) is 60.3 Å². The lowest BCUT2D eigenvalue weighted by molar-refractivity contribution is -0.137. The van der Waals surface area contributed by atoms with Crippen LogP contribution in [-0.2, 0) is 25.8 Å². The maximum absolute atomic E-state index is 13.2. The number of carbonyl (C=O) groups excluding carboxylic acids is 1. The van der Waals surface area contributed by atoms with E-state index in [0.29, 0.717) is 24.6 Å². The summed E-state index contributed by atoms with van der Waals surface area (Å²) in [6.07, 6.45) is -2.34. The predicted octanol–water partition coefficient (Wildman–Crippen LogP) is 5.82. The quantitative estimate of drug-likeness (QED) is 0.368. The Morgan fingerprint density at radius 3 is 2.46 bits per heavy atom. The molecule has 3 aromatic rings. The van der Waals surface area contributed by atoms with E-state index in [0.717, 1.165) is 29.9 Å². The van der Waals surface area contributed by atoms with E-state index in [1.54, 1.807) is 6.07 Å². The lowest BCUT2D eigenvalue weighted by Gasteiger charge is -2.22. The largest absolute Gasteiger partial charge is 0.494 e. The third-order valence-electron chi connectivity index (χ3n) is 5.43. The molecule has 1 heterocycles. The monoisotopic (exact) mass is 489 g/mol. The van der Waals surface area contributed by atoms with Crippen molar-refractivity contribution in [2.75, 3.05) is 6.61 Å². The summed E-state index contributed by atoms with van der Waals surface area (Å²) < 4.78 is 50.6. The van der Waals surface area contributed by atoms with E-state index in [-0.39, 0.29) is 30.7 Å². The van der Waals surface area contributed by atoms with Crippen molar-refractivity contribution in [3.8, 4) is 5.75 Å². The SMILES string of the molecule is CCOc1ccc(CN(Cc2cccc(C(F)(F)F)c2)Cc2nc(C(=O)NC(C)CC)co2)cc1. The number of amides is 1. The Morgan fingerprint density at radius 1 is 1.09 bits per heavy atom. The standard InChI is InChI=1S/C26H30F3N3O3/c1-4-18(3)30-25(33)23-17-35-24(31-23)16-32(14-19-9-11-22(12-10-19)34-5-2)15-20-7-6-8-21(13-20)26(27,28)29/h6-13,17-18H,4-5,14-16H2,1-3H3,(H,30,33). The smallest absolute Gasteiger partial charge is 0.416 e. The Morgan fingerprint density at radius 2 is 1.80 bits per heavy atom. The number of nitrogens with zero attached hydrogens (tertiary/aromatic N) is 2. The summed E-state index contributed by atoms with van der Waals surface area (Å²) in [5.41, 5.74) is 0.922. The van der Waals surface area contributed by atoms with Crippen LogP contribution in [0.5, 0.6) is 5.75 Å². The molecule has 3 rings (SSSR count). The zero-order valence-corrected chi connectivity index (χ0v) is 20.1. The van der Waals surface area contributed by atoms with Crippen molar-refractivity contribution in [2.24, 2.45) is 0 Å². The number of carbonyl (C=O) groups is 1. The van der Waals surface area contributed by atoms with Gasteiger partial charge in [0.2, 0.25) is 5.89 Å². The van der Waals surface area contributed by atoms with Gasteiger partial charge in [-0.2, -0.15) is 13.2 Å². The van der Waals surface area contributed by atoms with Gasteiger partial charge < -0.3 is 14.5 Å². The third-order valence-corrected chi connectivity index (χ3v) is 5.43. The first kappa shape index (κ1) is 26.3. The molecule has 0 bridgehead atoms. The molecule has 0 spiro atoms. The van der Waals surface area contributed by atoms with Gasteiger partial charge in [0.1, 0.15) is 12.0 Å². The second-order valence-electron chi connectivity index (χ2n) is 8.33. The Bertz CT molecular complexity index is 1100. The van der Waals surface area contributed by atoms with Crippen LogP contribution in [0.15, 0.2) is 59.2 Å². The number of rotatable bonds is 11. The summed E-state index contributed by atoms with van der Waals surface area (Å²) in [5.74, 6) is 0.716. The average molecular weight is 490 g/mol. The van der Waals surface area contributed by atoms with E-state index in [2.05, 4.69) is 10.3 Å². The van der Waals surface area contributed by atoms with Crippen molar-refractivity contribution >= 4 is 5.91 Å². The molecule has 2 aromatic carbocycles. The van der Waals surface area contributed by atoms with Gasteiger partial charge in [0.05, 0.1) is 18.7 Å². The van der Waals surface area contributed by atoms with Crippen LogP contribution in [0.2, 0.25) is 0 Å². The first-order valence-corrected chi connectivity index (χ1v) is 11.5. The first-order chi connectivity index (χ1) is 16.7. The fourth-order valence-corrected chi connectivity index (χ4v) is 3.47. The van der Waals surface area contributed by atoms with Gasteiger partial charge in [-0.15, -0.1) is 0 Å². The van der Waals surface area contributed by atoms with Crippen LogP contribution in [0.3, 0.4) is 0 Å². The van der Waals surface area contributed by atoms with Crippen molar-refractivity contribution < 1.29 is 27.1 Å². The molecule has 9 heteroatoms. The number of halogens is 3. The highest BCUT2D eigenvalue weighted by Gasteiger charge is 2.30. The number of ether oxygens (including phenoxy) is 1. The molecule has 1 N–H and O–H groups in total. The van der Waals surface area contributed by atoms with Crippen LogP contribution in [0.25, 0.3) is 0 Å².